The van der Waals surface area contributed by atoms with E-state index in [1.54, 1.807) is 0 Å². The van der Waals surface area contributed by atoms with Crippen molar-refractivity contribution in [3.05, 3.63) is 29.6 Å². The van der Waals surface area contributed by atoms with Gasteiger partial charge in [0.15, 0.2) is 0 Å². The van der Waals surface area contributed by atoms with Crippen LogP contribution in [0.3, 0.4) is 0 Å². The monoisotopic (exact) mass is 281 g/mol. The molecule has 0 spiro atoms. The number of ether oxygens (including phenoxy) is 1. The summed E-state index contributed by atoms with van der Waals surface area (Å²) in [6, 6.07) is 4.05. The number of carboxylic acid groups (broad SMARTS) is 1. The minimum atomic E-state index is -1.23. The molecule has 1 rings (SSSR count). The van der Waals surface area contributed by atoms with Crippen molar-refractivity contribution < 1.29 is 24.2 Å². The highest BCUT2D eigenvalue weighted by Crippen LogP contribution is 1.99. The third-order valence-electron chi connectivity index (χ3n) is 2.24. The van der Waals surface area contributed by atoms with E-state index in [1.165, 1.54) is 25.3 Å². The fourth-order valence-electron chi connectivity index (χ4n) is 1.29. The number of methoxy groups -OCH3 is 1. The Morgan fingerprint density at radius 3 is 2.60 bits per heavy atom. The Bertz CT molecular complexity index is 504. The predicted octanol–water partition coefficient (Wildman–Crippen LogP) is -0.728. The fraction of sp³-hybridized carbons (Fsp3) is 0.333. The first-order valence-electron chi connectivity index (χ1n) is 5.78. The van der Waals surface area contributed by atoms with Crippen LogP contribution in [0.25, 0.3) is 0 Å². The highest BCUT2D eigenvalue weighted by atomic mass is 16.5. The van der Waals surface area contributed by atoms with E-state index < -0.39 is 11.9 Å². The second-order valence-corrected chi connectivity index (χ2v) is 3.74. The zero-order valence-corrected chi connectivity index (χ0v) is 10.9. The number of nitrogens with zero attached hydrogens (tertiary/aromatic N) is 1. The lowest BCUT2D eigenvalue weighted by molar-refractivity contribution is -0.120. The van der Waals surface area contributed by atoms with E-state index in [-0.39, 0.29) is 23.8 Å². The van der Waals surface area contributed by atoms with Gasteiger partial charge in [-0.05, 0) is 12.1 Å². The maximum atomic E-state index is 11.7. The molecule has 0 aliphatic carbocycles. The molecular formula is C12H15N3O5. The summed E-state index contributed by atoms with van der Waals surface area (Å²) in [6.45, 7) is 0.501. The van der Waals surface area contributed by atoms with Crippen LogP contribution in [0.4, 0.5) is 0 Å². The van der Waals surface area contributed by atoms with Gasteiger partial charge in [-0.15, -0.1) is 0 Å². The van der Waals surface area contributed by atoms with Crippen LogP contribution in [0, 0.1) is 0 Å². The summed E-state index contributed by atoms with van der Waals surface area (Å²) in [6.07, 6.45) is 0. The molecule has 2 amide bonds. The number of hydrogen-bond acceptors (Lipinski definition) is 5. The van der Waals surface area contributed by atoms with Gasteiger partial charge in [0.2, 0.25) is 5.91 Å². The van der Waals surface area contributed by atoms with Crippen molar-refractivity contribution in [2.24, 2.45) is 0 Å². The van der Waals surface area contributed by atoms with Gasteiger partial charge in [0.25, 0.3) is 5.91 Å². The van der Waals surface area contributed by atoms with Gasteiger partial charge in [-0.1, -0.05) is 6.07 Å². The molecule has 0 unspecified atom stereocenters. The zero-order chi connectivity index (χ0) is 15.0. The Hall–Kier alpha value is -2.48. The molecule has 0 atom stereocenters. The molecule has 1 aromatic heterocycles. The van der Waals surface area contributed by atoms with Crippen LogP contribution in [-0.4, -0.2) is 54.7 Å². The van der Waals surface area contributed by atoms with Gasteiger partial charge < -0.3 is 20.5 Å². The number of hydrogen-bond donors (Lipinski definition) is 3. The lowest BCUT2D eigenvalue weighted by Gasteiger charge is -2.06. The third-order valence-corrected chi connectivity index (χ3v) is 2.24. The van der Waals surface area contributed by atoms with Crippen LogP contribution in [0.2, 0.25) is 0 Å². The largest absolute Gasteiger partial charge is 0.477 e. The number of amides is 2. The normalized spacial score (nSPS) is 9.85. The number of carboxylic acids is 1. The van der Waals surface area contributed by atoms with Crippen molar-refractivity contribution in [2.45, 2.75) is 0 Å². The summed E-state index contributed by atoms with van der Waals surface area (Å²) in [5.74, 6) is -2.21. The van der Waals surface area contributed by atoms with Gasteiger partial charge in [-0.25, -0.2) is 9.78 Å². The van der Waals surface area contributed by atoms with E-state index in [1.807, 2.05) is 0 Å². The molecule has 0 saturated carbocycles. The van der Waals surface area contributed by atoms with Crippen LogP contribution in [0.1, 0.15) is 21.0 Å². The van der Waals surface area contributed by atoms with Gasteiger partial charge in [0.1, 0.15) is 11.4 Å². The molecule has 3 N–H and O–H groups in total. The van der Waals surface area contributed by atoms with E-state index in [0.717, 1.165) is 0 Å². The number of rotatable bonds is 7. The summed E-state index contributed by atoms with van der Waals surface area (Å²) in [7, 11) is 1.51. The molecule has 0 aliphatic rings. The molecule has 0 bridgehead atoms. The quantitative estimate of drug-likeness (QED) is 0.567. The first-order valence-corrected chi connectivity index (χ1v) is 5.78. The average molecular weight is 281 g/mol. The Balaban J connectivity index is 2.48. The number of carbonyl (C=O) groups is 3. The van der Waals surface area contributed by atoms with Crippen molar-refractivity contribution in [1.82, 2.24) is 15.6 Å². The molecule has 20 heavy (non-hydrogen) atoms. The van der Waals surface area contributed by atoms with E-state index >= 15 is 0 Å². The van der Waals surface area contributed by atoms with E-state index in [9.17, 15) is 14.4 Å². The van der Waals surface area contributed by atoms with Gasteiger partial charge in [0.05, 0.1) is 13.2 Å². The molecule has 1 heterocycles. The summed E-state index contributed by atoms with van der Waals surface area (Å²) in [5.41, 5.74) is -0.295. The first-order chi connectivity index (χ1) is 9.54. The Kier molecular flexibility index (Phi) is 6.11. The SMILES string of the molecule is COCCNC(=O)CNC(=O)c1cccc(C(=O)O)n1. The number of nitrogens with one attached hydrogen (secondary N) is 2. The van der Waals surface area contributed by atoms with E-state index in [2.05, 4.69) is 15.6 Å². The minimum Gasteiger partial charge on any atom is -0.477 e. The smallest absolute Gasteiger partial charge is 0.354 e. The van der Waals surface area contributed by atoms with Gasteiger partial charge in [0, 0.05) is 13.7 Å². The van der Waals surface area contributed by atoms with E-state index in [0.29, 0.717) is 13.2 Å². The molecule has 0 aromatic carbocycles. The second kappa shape index (κ2) is 7.85. The summed E-state index contributed by atoms with van der Waals surface area (Å²) < 4.78 is 4.76. The van der Waals surface area contributed by atoms with E-state index in [4.69, 9.17) is 9.84 Å². The summed E-state index contributed by atoms with van der Waals surface area (Å²) in [4.78, 5) is 37.4. The predicted molar refractivity (Wildman–Crippen MR) is 68.4 cm³/mol. The molecule has 0 saturated heterocycles. The van der Waals surface area contributed by atoms with Crippen LogP contribution in [0.5, 0.6) is 0 Å². The Morgan fingerprint density at radius 1 is 1.25 bits per heavy atom. The molecule has 0 fully saturated rings. The Labute approximate surface area is 115 Å². The molecule has 108 valence electrons. The van der Waals surface area contributed by atoms with Crippen molar-refractivity contribution in [3.63, 3.8) is 0 Å². The van der Waals surface area contributed by atoms with Gasteiger partial charge in [-0.2, -0.15) is 0 Å². The standard InChI is InChI=1S/C12H15N3O5/c1-20-6-5-13-10(16)7-14-11(17)8-3-2-4-9(15-8)12(18)19/h2-4H,5-7H2,1H3,(H,13,16)(H,14,17)(H,18,19). The number of pyridine rings is 1. The highest BCUT2D eigenvalue weighted by Gasteiger charge is 2.12. The highest BCUT2D eigenvalue weighted by molar-refractivity contribution is 5.96. The number of aromatic carboxylic acids is 1. The minimum absolute atomic E-state index is 0.0606. The maximum Gasteiger partial charge on any atom is 0.354 e. The summed E-state index contributed by atoms with van der Waals surface area (Å²) >= 11 is 0. The van der Waals surface area contributed by atoms with Crippen molar-refractivity contribution in [3.8, 4) is 0 Å². The van der Waals surface area contributed by atoms with Crippen LogP contribution in [0.15, 0.2) is 18.2 Å². The van der Waals surface area contributed by atoms with Crippen LogP contribution in [-0.2, 0) is 9.53 Å². The molecule has 0 aliphatic heterocycles. The summed E-state index contributed by atoms with van der Waals surface area (Å²) in [5, 5.41) is 13.6. The fourth-order valence-corrected chi connectivity index (χ4v) is 1.29. The average Bonchev–Trinajstić information content (AvgIpc) is 2.45. The second-order valence-electron chi connectivity index (χ2n) is 3.74. The van der Waals surface area contributed by atoms with Gasteiger partial charge in [-0.3, -0.25) is 9.59 Å². The molecule has 1 aromatic rings. The third kappa shape index (κ3) is 5.02. The number of aromatic nitrogens is 1. The maximum absolute atomic E-state index is 11.7. The Morgan fingerprint density at radius 2 is 1.95 bits per heavy atom. The van der Waals surface area contributed by atoms with Crippen LogP contribution >= 0.6 is 0 Å². The van der Waals surface area contributed by atoms with Crippen molar-refractivity contribution >= 4 is 17.8 Å². The lowest BCUT2D eigenvalue weighted by Crippen LogP contribution is -2.38. The molecule has 8 nitrogen and oxygen atoms in total. The van der Waals surface area contributed by atoms with Crippen molar-refractivity contribution in [2.75, 3.05) is 26.8 Å². The lowest BCUT2D eigenvalue weighted by atomic mass is 10.3. The van der Waals surface area contributed by atoms with Crippen LogP contribution < -0.4 is 10.6 Å². The van der Waals surface area contributed by atoms with Crippen molar-refractivity contribution in [1.29, 1.82) is 0 Å². The molecular weight excluding hydrogens is 266 g/mol. The number of carbonyl (C=O) groups excluding carboxylic acids is 2. The molecule has 0 radical (unpaired) electrons. The van der Waals surface area contributed by atoms with Gasteiger partial charge >= 0.3 is 5.97 Å². The topological polar surface area (TPSA) is 118 Å². The zero-order valence-electron chi connectivity index (χ0n) is 10.9. The molecule has 8 heteroatoms. The first kappa shape index (κ1) is 15.6.